The maximum Gasteiger partial charge on any atom is 0.262 e. The number of hydrogen-bond acceptors (Lipinski definition) is 3. The average molecular weight is 220 g/mol. The molecule has 1 unspecified atom stereocenters. The third kappa shape index (κ3) is 2.02. The summed E-state index contributed by atoms with van der Waals surface area (Å²) in [6.45, 7) is 2.23. The van der Waals surface area contributed by atoms with Crippen LogP contribution < -0.4 is 10.1 Å². The fourth-order valence-corrected chi connectivity index (χ4v) is 1.66. The van der Waals surface area contributed by atoms with Crippen LogP contribution in [-0.4, -0.2) is 31.5 Å². The SMILES string of the molecule is CC(c1ccc2c(c1)NC(=O)CO2)N(C)C. The Labute approximate surface area is 95.2 Å². The summed E-state index contributed by atoms with van der Waals surface area (Å²) in [5.41, 5.74) is 1.93. The van der Waals surface area contributed by atoms with Crippen LogP contribution in [0.15, 0.2) is 18.2 Å². The van der Waals surface area contributed by atoms with Gasteiger partial charge in [-0.3, -0.25) is 4.79 Å². The van der Waals surface area contributed by atoms with Crippen LogP contribution in [0.3, 0.4) is 0 Å². The van der Waals surface area contributed by atoms with Crippen LogP contribution in [0.4, 0.5) is 5.69 Å². The Hall–Kier alpha value is -1.55. The van der Waals surface area contributed by atoms with Gasteiger partial charge in [-0.05, 0) is 38.7 Å². The van der Waals surface area contributed by atoms with Crippen molar-refractivity contribution in [1.29, 1.82) is 0 Å². The summed E-state index contributed by atoms with van der Waals surface area (Å²) in [5, 5.41) is 2.81. The molecular formula is C12H16N2O2. The van der Waals surface area contributed by atoms with Gasteiger partial charge >= 0.3 is 0 Å². The first kappa shape index (κ1) is 11.0. The molecule has 0 aromatic heterocycles. The predicted octanol–water partition coefficient (Wildman–Crippen LogP) is 1.64. The first-order valence-corrected chi connectivity index (χ1v) is 5.31. The van der Waals surface area contributed by atoms with Crippen molar-refractivity contribution < 1.29 is 9.53 Å². The zero-order valence-corrected chi connectivity index (χ0v) is 9.78. The molecule has 4 heteroatoms. The monoisotopic (exact) mass is 220 g/mol. The van der Waals surface area contributed by atoms with Crippen molar-refractivity contribution in [2.24, 2.45) is 0 Å². The molecule has 0 saturated carbocycles. The van der Waals surface area contributed by atoms with E-state index in [2.05, 4.69) is 17.1 Å². The van der Waals surface area contributed by atoms with Crippen LogP contribution in [0.1, 0.15) is 18.5 Å². The van der Waals surface area contributed by atoms with Gasteiger partial charge in [0.1, 0.15) is 5.75 Å². The minimum atomic E-state index is -0.0952. The Morgan fingerprint density at radius 3 is 2.88 bits per heavy atom. The summed E-state index contributed by atoms with van der Waals surface area (Å²) in [7, 11) is 4.05. The molecule has 0 bridgehead atoms. The van der Waals surface area contributed by atoms with Gasteiger partial charge in [-0.2, -0.15) is 0 Å². The van der Waals surface area contributed by atoms with Crippen LogP contribution >= 0.6 is 0 Å². The molecule has 0 spiro atoms. The van der Waals surface area contributed by atoms with E-state index < -0.39 is 0 Å². The lowest BCUT2D eigenvalue weighted by atomic mass is 10.1. The zero-order chi connectivity index (χ0) is 11.7. The number of nitrogens with one attached hydrogen (secondary N) is 1. The van der Waals surface area contributed by atoms with Gasteiger partial charge in [0.2, 0.25) is 0 Å². The van der Waals surface area contributed by atoms with Gasteiger partial charge in [0, 0.05) is 6.04 Å². The number of amides is 1. The minimum absolute atomic E-state index is 0.0952. The van der Waals surface area contributed by atoms with E-state index in [0.717, 1.165) is 17.0 Å². The summed E-state index contributed by atoms with van der Waals surface area (Å²) < 4.78 is 5.31. The Kier molecular flexibility index (Phi) is 2.83. The highest BCUT2D eigenvalue weighted by Crippen LogP contribution is 2.31. The van der Waals surface area contributed by atoms with E-state index in [-0.39, 0.29) is 12.5 Å². The second-order valence-corrected chi connectivity index (χ2v) is 4.23. The number of hydrogen-bond donors (Lipinski definition) is 1. The molecule has 1 aliphatic heterocycles. The Morgan fingerprint density at radius 2 is 2.19 bits per heavy atom. The first-order chi connectivity index (χ1) is 7.58. The normalized spacial score (nSPS) is 16.4. The number of carbonyl (C=O) groups excluding carboxylic acids is 1. The van der Waals surface area contributed by atoms with Crippen molar-refractivity contribution >= 4 is 11.6 Å². The van der Waals surface area contributed by atoms with Crippen molar-refractivity contribution in [3.63, 3.8) is 0 Å². The zero-order valence-electron chi connectivity index (χ0n) is 9.78. The summed E-state index contributed by atoms with van der Waals surface area (Å²) in [6.07, 6.45) is 0. The number of fused-ring (bicyclic) bond motifs is 1. The fraction of sp³-hybridized carbons (Fsp3) is 0.417. The highest BCUT2D eigenvalue weighted by atomic mass is 16.5. The van der Waals surface area contributed by atoms with Crippen molar-refractivity contribution in [2.45, 2.75) is 13.0 Å². The van der Waals surface area contributed by atoms with Crippen LogP contribution in [0, 0.1) is 0 Å². The van der Waals surface area contributed by atoms with Gasteiger partial charge in [-0.15, -0.1) is 0 Å². The second-order valence-electron chi connectivity index (χ2n) is 4.23. The average Bonchev–Trinajstić information content (AvgIpc) is 2.26. The summed E-state index contributed by atoms with van der Waals surface area (Å²) >= 11 is 0. The van der Waals surface area contributed by atoms with Crippen molar-refractivity contribution in [3.05, 3.63) is 23.8 Å². The molecule has 0 aliphatic carbocycles. The number of nitrogens with zero attached hydrogens (tertiary/aromatic N) is 1. The molecule has 1 amide bonds. The van der Waals surface area contributed by atoms with Gasteiger partial charge in [-0.1, -0.05) is 6.07 Å². The van der Waals surface area contributed by atoms with Gasteiger partial charge in [-0.25, -0.2) is 0 Å². The topological polar surface area (TPSA) is 41.6 Å². The number of anilines is 1. The molecule has 16 heavy (non-hydrogen) atoms. The molecule has 86 valence electrons. The molecule has 1 aliphatic rings. The Balaban J connectivity index is 2.31. The van der Waals surface area contributed by atoms with Gasteiger partial charge in [0.25, 0.3) is 5.91 Å². The smallest absolute Gasteiger partial charge is 0.262 e. The van der Waals surface area contributed by atoms with Crippen LogP contribution in [-0.2, 0) is 4.79 Å². The van der Waals surface area contributed by atoms with E-state index in [4.69, 9.17) is 4.74 Å². The molecule has 1 N–H and O–H groups in total. The number of benzene rings is 1. The molecule has 0 fully saturated rings. The van der Waals surface area contributed by atoms with Gasteiger partial charge < -0.3 is 15.0 Å². The predicted molar refractivity (Wildman–Crippen MR) is 62.7 cm³/mol. The quantitative estimate of drug-likeness (QED) is 0.823. The van der Waals surface area contributed by atoms with Crippen molar-refractivity contribution in [2.75, 3.05) is 26.0 Å². The number of rotatable bonds is 2. The maximum atomic E-state index is 11.2. The van der Waals surface area contributed by atoms with Crippen LogP contribution in [0.5, 0.6) is 5.75 Å². The molecule has 4 nitrogen and oxygen atoms in total. The lowest BCUT2D eigenvalue weighted by Gasteiger charge is -2.23. The molecule has 1 aromatic rings. The van der Waals surface area contributed by atoms with Gasteiger partial charge in [0.15, 0.2) is 6.61 Å². The van der Waals surface area contributed by atoms with E-state index in [1.54, 1.807) is 0 Å². The molecule has 0 saturated heterocycles. The summed E-state index contributed by atoms with van der Waals surface area (Å²) in [6, 6.07) is 6.21. The molecule has 1 heterocycles. The molecule has 1 aromatic carbocycles. The second kappa shape index (κ2) is 4.14. The molecular weight excluding hydrogens is 204 g/mol. The third-order valence-corrected chi connectivity index (χ3v) is 2.89. The van der Waals surface area contributed by atoms with Crippen molar-refractivity contribution in [1.82, 2.24) is 4.90 Å². The van der Waals surface area contributed by atoms with E-state index in [0.29, 0.717) is 6.04 Å². The highest BCUT2D eigenvalue weighted by Gasteiger charge is 2.17. The summed E-state index contributed by atoms with van der Waals surface area (Å²) in [5.74, 6) is 0.650. The maximum absolute atomic E-state index is 11.2. The van der Waals surface area contributed by atoms with Crippen LogP contribution in [0.2, 0.25) is 0 Å². The molecule has 2 rings (SSSR count). The third-order valence-electron chi connectivity index (χ3n) is 2.89. The minimum Gasteiger partial charge on any atom is -0.482 e. The first-order valence-electron chi connectivity index (χ1n) is 5.31. The lowest BCUT2D eigenvalue weighted by molar-refractivity contribution is -0.118. The van der Waals surface area contributed by atoms with E-state index in [9.17, 15) is 4.79 Å². The molecule has 1 atom stereocenters. The van der Waals surface area contributed by atoms with Gasteiger partial charge in [0.05, 0.1) is 5.69 Å². The fourth-order valence-electron chi connectivity index (χ4n) is 1.66. The summed E-state index contributed by atoms with van der Waals surface area (Å²) in [4.78, 5) is 13.3. The van der Waals surface area contributed by atoms with E-state index >= 15 is 0 Å². The van der Waals surface area contributed by atoms with Crippen molar-refractivity contribution in [3.8, 4) is 5.75 Å². The lowest BCUT2D eigenvalue weighted by Crippen LogP contribution is -2.25. The van der Waals surface area contributed by atoms with Crippen LogP contribution in [0.25, 0.3) is 0 Å². The number of ether oxygens (including phenoxy) is 1. The van der Waals surface area contributed by atoms with E-state index in [1.165, 1.54) is 0 Å². The van der Waals surface area contributed by atoms with E-state index in [1.807, 2.05) is 32.3 Å². The Morgan fingerprint density at radius 1 is 1.44 bits per heavy atom. The Bertz CT molecular complexity index is 415. The molecule has 0 radical (unpaired) electrons. The highest BCUT2D eigenvalue weighted by molar-refractivity contribution is 5.95. The largest absolute Gasteiger partial charge is 0.482 e. The number of carbonyl (C=O) groups is 1. The standard InChI is InChI=1S/C12H16N2O2/c1-8(14(2)3)9-4-5-11-10(6-9)13-12(15)7-16-11/h4-6,8H,7H2,1-3H3,(H,13,15).